The van der Waals surface area contributed by atoms with E-state index in [1.165, 1.54) is 0 Å². The number of aryl methyl sites for hydroxylation is 1. The summed E-state index contributed by atoms with van der Waals surface area (Å²) < 4.78 is 12.2. The number of aromatic nitrogens is 3. The van der Waals surface area contributed by atoms with Crippen molar-refractivity contribution < 1.29 is 9.47 Å². The SMILES string of the molecule is COCCNCc1cn(CCC(C)(C)OC)nn1. The lowest BCUT2D eigenvalue weighted by atomic mass is 10.1. The number of hydrogen-bond donors (Lipinski definition) is 1. The van der Waals surface area contributed by atoms with Crippen LogP contribution < -0.4 is 5.32 Å². The quantitative estimate of drug-likeness (QED) is 0.663. The average molecular weight is 256 g/mol. The van der Waals surface area contributed by atoms with Crippen molar-refractivity contribution in [2.75, 3.05) is 27.4 Å². The molecule has 0 unspecified atom stereocenters. The Morgan fingerprint density at radius 3 is 2.83 bits per heavy atom. The van der Waals surface area contributed by atoms with Gasteiger partial charge in [0.25, 0.3) is 0 Å². The van der Waals surface area contributed by atoms with E-state index in [1.54, 1.807) is 14.2 Å². The van der Waals surface area contributed by atoms with Crippen LogP contribution in [-0.2, 0) is 22.6 Å². The molecule has 0 fully saturated rings. The highest BCUT2D eigenvalue weighted by atomic mass is 16.5. The minimum atomic E-state index is -0.122. The molecule has 0 aliphatic heterocycles. The third-order valence-electron chi connectivity index (χ3n) is 2.87. The van der Waals surface area contributed by atoms with Gasteiger partial charge in [0.05, 0.1) is 17.9 Å². The topological polar surface area (TPSA) is 61.2 Å². The van der Waals surface area contributed by atoms with Crippen LogP contribution in [0.25, 0.3) is 0 Å². The molecular formula is C12H24N4O2. The second kappa shape index (κ2) is 7.45. The van der Waals surface area contributed by atoms with E-state index in [0.29, 0.717) is 6.61 Å². The number of methoxy groups -OCH3 is 2. The zero-order valence-electron chi connectivity index (χ0n) is 11.8. The summed E-state index contributed by atoms with van der Waals surface area (Å²) >= 11 is 0. The maximum absolute atomic E-state index is 5.37. The summed E-state index contributed by atoms with van der Waals surface area (Å²) in [5.74, 6) is 0. The molecule has 1 aromatic rings. The lowest BCUT2D eigenvalue weighted by Gasteiger charge is -2.22. The van der Waals surface area contributed by atoms with Crippen molar-refractivity contribution >= 4 is 0 Å². The van der Waals surface area contributed by atoms with Crippen LogP contribution in [0.15, 0.2) is 6.20 Å². The van der Waals surface area contributed by atoms with Gasteiger partial charge in [0.15, 0.2) is 0 Å². The smallest absolute Gasteiger partial charge is 0.0964 e. The van der Waals surface area contributed by atoms with Gasteiger partial charge >= 0.3 is 0 Å². The Bertz CT molecular complexity index is 339. The third kappa shape index (κ3) is 5.57. The molecule has 6 heteroatoms. The summed E-state index contributed by atoms with van der Waals surface area (Å²) in [6, 6.07) is 0. The number of hydrogen-bond acceptors (Lipinski definition) is 5. The molecule has 0 saturated carbocycles. The molecule has 104 valence electrons. The molecular weight excluding hydrogens is 232 g/mol. The molecule has 0 amide bonds. The summed E-state index contributed by atoms with van der Waals surface area (Å²) in [7, 11) is 3.42. The zero-order chi connectivity index (χ0) is 13.4. The first-order valence-corrected chi connectivity index (χ1v) is 6.21. The van der Waals surface area contributed by atoms with E-state index in [2.05, 4.69) is 29.5 Å². The largest absolute Gasteiger partial charge is 0.383 e. The van der Waals surface area contributed by atoms with Crippen LogP contribution in [0.3, 0.4) is 0 Å². The van der Waals surface area contributed by atoms with Gasteiger partial charge in [-0.05, 0) is 20.3 Å². The number of nitrogens with one attached hydrogen (secondary N) is 1. The normalized spacial score (nSPS) is 12.0. The molecule has 1 rings (SSSR count). The van der Waals surface area contributed by atoms with Gasteiger partial charge in [-0.25, -0.2) is 0 Å². The van der Waals surface area contributed by atoms with Crippen molar-refractivity contribution in [2.45, 2.75) is 39.0 Å². The molecule has 0 spiro atoms. The van der Waals surface area contributed by atoms with Crippen LogP contribution in [0, 0.1) is 0 Å². The Kier molecular flexibility index (Phi) is 6.24. The summed E-state index contributed by atoms with van der Waals surface area (Å²) in [6.07, 6.45) is 2.87. The molecule has 0 atom stereocenters. The molecule has 0 aliphatic carbocycles. The van der Waals surface area contributed by atoms with E-state index in [0.717, 1.165) is 31.7 Å². The van der Waals surface area contributed by atoms with Crippen LogP contribution in [-0.4, -0.2) is 48.0 Å². The van der Waals surface area contributed by atoms with E-state index in [1.807, 2.05) is 10.9 Å². The summed E-state index contributed by atoms with van der Waals surface area (Å²) in [4.78, 5) is 0. The fourth-order valence-electron chi connectivity index (χ4n) is 1.41. The minimum absolute atomic E-state index is 0.122. The van der Waals surface area contributed by atoms with Crippen LogP contribution in [0.1, 0.15) is 26.0 Å². The number of rotatable bonds is 9. The first kappa shape index (κ1) is 15.1. The van der Waals surface area contributed by atoms with E-state index in [9.17, 15) is 0 Å². The van der Waals surface area contributed by atoms with Gasteiger partial charge in [0.2, 0.25) is 0 Å². The highest BCUT2D eigenvalue weighted by molar-refractivity contribution is 4.91. The van der Waals surface area contributed by atoms with E-state index in [-0.39, 0.29) is 5.60 Å². The van der Waals surface area contributed by atoms with Crippen molar-refractivity contribution in [3.05, 3.63) is 11.9 Å². The van der Waals surface area contributed by atoms with Crippen molar-refractivity contribution in [3.63, 3.8) is 0 Å². The fraction of sp³-hybridized carbons (Fsp3) is 0.833. The summed E-state index contributed by atoms with van der Waals surface area (Å²) in [5, 5.41) is 11.4. The van der Waals surface area contributed by atoms with Gasteiger partial charge in [0, 0.05) is 40.1 Å². The number of nitrogens with zero attached hydrogens (tertiary/aromatic N) is 3. The van der Waals surface area contributed by atoms with Gasteiger partial charge in [-0.15, -0.1) is 5.10 Å². The highest BCUT2D eigenvalue weighted by Gasteiger charge is 2.16. The Morgan fingerprint density at radius 2 is 2.17 bits per heavy atom. The molecule has 0 radical (unpaired) electrons. The Labute approximate surface area is 109 Å². The van der Waals surface area contributed by atoms with Gasteiger partial charge in [-0.1, -0.05) is 5.21 Å². The van der Waals surface area contributed by atoms with Gasteiger partial charge < -0.3 is 14.8 Å². The fourth-order valence-corrected chi connectivity index (χ4v) is 1.41. The molecule has 1 heterocycles. The molecule has 6 nitrogen and oxygen atoms in total. The van der Waals surface area contributed by atoms with Crippen molar-refractivity contribution in [1.29, 1.82) is 0 Å². The molecule has 0 aromatic carbocycles. The predicted octanol–water partition coefficient (Wildman–Crippen LogP) is 0.829. The maximum atomic E-state index is 5.37. The van der Waals surface area contributed by atoms with Crippen LogP contribution in [0.2, 0.25) is 0 Å². The lowest BCUT2D eigenvalue weighted by Crippen LogP contribution is -2.24. The monoisotopic (exact) mass is 256 g/mol. The molecule has 1 N–H and O–H groups in total. The zero-order valence-corrected chi connectivity index (χ0v) is 11.8. The molecule has 18 heavy (non-hydrogen) atoms. The highest BCUT2D eigenvalue weighted by Crippen LogP contribution is 2.13. The number of ether oxygens (including phenoxy) is 2. The van der Waals surface area contributed by atoms with Crippen molar-refractivity contribution in [1.82, 2.24) is 20.3 Å². The molecule has 1 aromatic heterocycles. The van der Waals surface area contributed by atoms with Crippen LogP contribution >= 0.6 is 0 Å². The van der Waals surface area contributed by atoms with Gasteiger partial charge in [-0.3, -0.25) is 4.68 Å². The standard InChI is InChI=1S/C12H24N4O2/c1-12(2,18-4)5-7-16-10-11(14-15-16)9-13-6-8-17-3/h10,13H,5-9H2,1-4H3. The third-order valence-corrected chi connectivity index (χ3v) is 2.87. The van der Waals surface area contributed by atoms with Crippen LogP contribution in [0.5, 0.6) is 0 Å². The summed E-state index contributed by atoms with van der Waals surface area (Å²) in [5.41, 5.74) is 0.823. The Hall–Kier alpha value is -0.980. The van der Waals surface area contributed by atoms with E-state index in [4.69, 9.17) is 9.47 Å². The van der Waals surface area contributed by atoms with Crippen molar-refractivity contribution in [3.8, 4) is 0 Å². The maximum Gasteiger partial charge on any atom is 0.0964 e. The minimum Gasteiger partial charge on any atom is -0.383 e. The van der Waals surface area contributed by atoms with E-state index >= 15 is 0 Å². The second-order valence-corrected chi connectivity index (χ2v) is 4.86. The Morgan fingerprint density at radius 1 is 1.39 bits per heavy atom. The Balaban J connectivity index is 2.30. The van der Waals surface area contributed by atoms with E-state index < -0.39 is 0 Å². The molecule has 0 bridgehead atoms. The first-order valence-electron chi connectivity index (χ1n) is 6.21. The van der Waals surface area contributed by atoms with Crippen LogP contribution in [0.4, 0.5) is 0 Å². The average Bonchev–Trinajstić information content (AvgIpc) is 2.80. The van der Waals surface area contributed by atoms with Crippen molar-refractivity contribution in [2.24, 2.45) is 0 Å². The second-order valence-electron chi connectivity index (χ2n) is 4.86. The molecule has 0 aliphatic rings. The predicted molar refractivity (Wildman–Crippen MR) is 69.3 cm³/mol. The molecule has 0 saturated heterocycles. The van der Waals surface area contributed by atoms with Gasteiger partial charge in [-0.2, -0.15) is 0 Å². The summed E-state index contributed by atoms with van der Waals surface area (Å²) in [6.45, 7) is 7.19. The lowest BCUT2D eigenvalue weighted by molar-refractivity contribution is 0.0112. The van der Waals surface area contributed by atoms with Gasteiger partial charge in [0.1, 0.15) is 0 Å². The first-order chi connectivity index (χ1) is 8.57.